The number of pyridine rings is 1. The van der Waals surface area contributed by atoms with Crippen LogP contribution in [0.15, 0.2) is 43.1 Å². The highest BCUT2D eigenvalue weighted by Crippen LogP contribution is 2.20. The fourth-order valence-corrected chi connectivity index (χ4v) is 3.08. The van der Waals surface area contributed by atoms with Crippen molar-refractivity contribution in [1.82, 2.24) is 34.6 Å². The van der Waals surface area contributed by atoms with Gasteiger partial charge in [-0.2, -0.15) is 5.10 Å². The molecule has 0 saturated carbocycles. The Labute approximate surface area is 162 Å². The second-order valence-electron chi connectivity index (χ2n) is 6.46. The van der Waals surface area contributed by atoms with E-state index in [1.807, 2.05) is 36.1 Å². The highest BCUT2D eigenvalue weighted by atomic mass is 16.2. The number of hydrogen-bond donors (Lipinski definition) is 1. The number of carbonyl (C=O) groups is 1. The standard InChI is InChI=1S/C18H21N9O/c1-14-22-16(24-15-4-2-3-5-20-15)10-17(23-14)25-6-8-26(9-7-25)18(28)11-27-13-19-12-21-27/h2-5,10,12-13H,6-9,11H2,1H3,(H,20,22,23,24). The lowest BCUT2D eigenvalue weighted by atomic mass is 10.3. The number of rotatable bonds is 5. The van der Waals surface area contributed by atoms with E-state index < -0.39 is 0 Å². The summed E-state index contributed by atoms with van der Waals surface area (Å²) in [4.78, 5) is 33.5. The van der Waals surface area contributed by atoms with E-state index in [9.17, 15) is 4.79 Å². The summed E-state index contributed by atoms with van der Waals surface area (Å²) in [6.07, 6.45) is 4.71. The van der Waals surface area contributed by atoms with E-state index in [-0.39, 0.29) is 12.5 Å². The van der Waals surface area contributed by atoms with Gasteiger partial charge in [0.05, 0.1) is 0 Å². The second kappa shape index (κ2) is 7.99. The van der Waals surface area contributed by atoms with Crippen LogP contribution < -0.4 is 10.2 Å². The zero-order valence-corrected chi connectivity index (χ0v) is 15.6. The van der Waals surface area contributed by atoms with Crippen LogP contribution in [0, 0.1) is 6.92 Å². The minimum Gasteiger partial charge on any atom is -0.353 e. The van der Waals surface area contributed by atoms with E-state index in [1.54, 1.807) is 12.5 Å². The molecule has 1 aliphatic rings. The van der Waals surface area contributed by atoms with Crippen LogP contribution in [0.5, 0.6) is 0 Å². The average Bonchev–Trinajstić information content (AvgIpc) is 3.21. The minimum atomic E-state index is 0.0431. The average molecular weight is 379 g/mol. The fraction of sp³-hybridized carbons (Fsp3) is 0.333. The first kappa shape index (κ1) is 17.8. The van der Waals surface area contributed by atoms with Crippen LogP contribution >= 0.6 is 0 Å². The molecule has 1 aliphatic heterocycles. The number of carbonyl (C=O) groups excluding carboxylic acids is 1. The van der Waals surface area contributed by atoms with Gasteiger partial charge in [0, 0.05) is 38.4 Å². The summed E-state index contributed by atoms with van der Waals surface area (Å²) in [7, 11) is 0. The highest BCUT2D eigenvalue weighted by molar-refractivity contribution is 5.76. The van der Waals surface area contributed by atoms with Gasteiger partial charge in [0.15, 0.2) is 0 Å². The molecule has 144 valence electrons. The normalized spacial score (nSPS) is 14.2. The number of aromatic nitrogens is 6. The lowest BCUT2D eigenvalue weighted by Crippen LogP contribution is -2.50. The van der Waals surface area contributed by atoms with Gasteiger partial charge in [-0.1, -0.05) is 6.07 Å². The van der Waals surface area contributed by atoms with Crippen molar-refractivity contribution in [3.63, 3.8) is 0 Å². The largest absolute Gasteiger partial charge is 0.353 e. The van der Waals surface area contributed by atoms with E-state index in [4.69, 9.17) is 0 Å². The van der Waals surface area contributed by atoms with E-state index in [2.05, 4.69) is 35.3 Å². The van der Waals surface area contributed by atoms with Crippen LogP contribution in [0.2, 0.25) is 0 Å². The molecule has 1 saturated heterocycles. The Balaban J connectivity index is 1.39. The van der Waals surface area contributed by atoms with Gasteiger partial charge in [0.1, 0.15) is 42.5 Å². The maximum atomic E-state index is 12.4. The van der Waals surface area contributed by atoms with Gasteiger partial charge in [-0.3, -0.25) is 4.79 Å². The van der Waals surface area contributed by atoms with Crippen LogP contribution in [-0.2, 0) is 11.3 Å². The molecule has 0 unspecified atom stereocenters. The Bertz CT molecular complexity index is 921. The third kappa shape index (κ3) is 4.22. The van der Waals surface area contributed by atoms with Crippen molar-refractivity contribution in [2.75, 3.05) is 36.4 Å². The lowest BCUT2D eigenvalue weighted by Gasteiger charge is -2.35. The van der Waals surface area contributed by atoms with Gasteiger partial charge >= 0.3 is 0 Å². The minimum absolute atomic E-state index is 0.0431. The first-order valence-corrected chi connectivity index (χ1v) is 9.06. The van der Waals surface area contributed by atoms with Crippen molar-refractivity contribution in [3.8, 4) is 0 Å². The van der Waals surface area contributed by atoms with Gasteiger partial charge in [-0.25, -0.2) is 24.6 Å². The number of amides is 1. The van der Waals surface area contributed by atoms with Crippen molar-refractivity contribution in [1.29, 1.82) is 0 Å². The predicted octanol–water partition coefficient (Wildman–Crippen LogP) is 0.864. The van der Waals surface area contributed by atoms with Gasteiger partial charge in [-0.05, 0) is 19.1 Å². The quantitative estimate of drug-likeness (QED) is 0.696. The smallest absolute Gasteiger partial charge is 0.244 e. The maximum Gasteiger partial charge on any atom is 0.244 e. The zero-order valence-electron chi connectivity index (χ0n) is 15.6. The van der Waals surface area contributed by atoms with Crippen molar-refractivity contribution < 1.29 is 4.79 Å². The number of aryl methyl sites for hydroxylation is 1. The van der Waals surface area contributed by atoms with Gasteiger partial charge < -0.3 is 15.1 Å². The molecule has 0 aromatic carbocycles. The van der Waals surface area contributed by atoms with E-state index >= 15 is 0 Å². The summed E-state index contributed by atoms with van der Waals surface area (Å²) in [5, 5.41) is 7.19. The van der Waals surface area contributed by atoms with E-state index in [1.165, 1.54) is 11.0 Å². The molecule has 0 aliphatic carbocycles. The summed E-state index contributed by atoms with van der Waals surface area (Å²) in [5.41, 5.74) is 0. The Morgan fingerprint density at radius 3 is 2.71 bits per heavy atom. The van der Waals surface area contributed by atoms with Gasteiger partial charge in [-0.15, -0.1) is 0 Å². The Morgan fingerprint density at radius 1 is 1.14 bits per heavy atom. The summed E-state index contributed by atoms with van der Waals surface area (Å²) in [6, 6.07) is 7.58. The summed E-state index contributed by atoms with van der Waals surface area (Å²) in [6.45, 7) is 4.78. The second-order valence-corrected chi connectivity index (χ2v) is 6.46. The van der Waals surface area contributed by atoms with Crippen molar-refractivity contribution in [2.45, 2.75) is 13.5 Å². The lowest BCUT2D eigenvalue weighted by molar-refractivity contribution is -0.132. The maximum absolute atomic E-state index is 12.4. The van der Waals surface area contributed by atoms with E-state index in [0.717, 1.165) is 11.6 Å². The number of anilines is 3. The van der Waals surface area contributed by atoms with Crippen LogP contribution in [0.1, 0.15) is 5.82 Å². The monoisotopic (exact) mass is 379 g/mol. The molecule has 3 aromatic heterocycles. The first-order valence-electron chi connectivity index (χ1n) is 9.06. The molecular formula is C18H21N9O. The molecule has 1 N–H and O–H groups in total. The molecule has 28 heavy (non-hydrogen) atoms. The topological polar surface area (TPSA) is 105 Å². The number of nitrogens with one attached hydrogen (secondary N) is 1. The molecule has 10 nitrogen and oxygen atoms in total. The summed E-state index contributed by atoms with van der Waals surface area (Å²) in [5.74, 6) is 3.00. The fourth-order valence-electron chi connectivity index (χ4n) is 3.08. The predicted molar refractivity (Wildman–Crippen MR) is 103 cm³/mol. The van der Waals surface area contributed by atoms with Crippen molar-refractivity contribution in [2.24, 2.45) is 0 Å². The van der Waals surface area contributed by atoms with Crippen molar-refractivity contribution in [3.05, 3.63) is 48.9 Å². The number of hydrogen-bond acceptors (Lipinski definition) is 8. The number of piperazine rings is 1. The van der Waals surface area contributed by atoms with Crippen LogP contribution in [0.3, 0.4) is 0 Å². The molecule has 3 aromatic rings. The molecule has 1 fully saturated rings. The van der Waals surface area contributed by atoms with Crippen molar-refractivity contribution >= 4 is 23.4 Å². The molecule has 1 amide bonds. The molecule has 0 spiro atoms. The third-order valence-electron chi connectivity index (χ3n) is 4.47. The van der Waals surface area contributed by atoms with Crippen LogP contribution in [-0.4, -0.2) is 66.7 Å². The van der Waals surface area contributed by atoms with Crippen LogP contribution in [0.4, 0.5) is 17.5 Å². The molecule has 4 heterocycles. The molecule has 0 radical (unpaired) electrons. The zero-order chi connectivity index (χ0) is 19.3. The highest BCUT2D eigenvalue weighted by Gasteiger charge is 2.22. The third-order valence-corrected chi connectivity index (χ3v) is 4.47. The molecule has 0 atom stereocenters. The summed E-state index contributed by atoms with van der Waals surface area (Å²) >= 11 is 0. The Morgan fingerprint density at radius 2 is 2.00 bits per heavy atom. The molecular weight excluding hydrogens is 358 g/mol. The molecule has 10 heteroatoms. The Kier molecular flexibility index (Phi) is 5.09. The van der Waals surface area contributed by atoms with E-state index in [0.29, 0.717) is 37.8 Å². The molecule has 0 bridgehead atoms. The summed E-state index contributed by atoms with van der Waals surface area (Å²) < 4.78 is 1.54. The van der Waals surface area contributed by atoms with Gasteiger partial charge in [0.25, 0.3) is 0 Å². The Hall–Kier alpha value is -3.56. The number of nitrogens with zero attached hydrogens (tertiary/aromatic N) is 8. The molecule has 4 rings (SSSR count). The SMILES string of the molecule is Cc1nc(Nc2ccccn2)cc(N2CCN(C(=O)Cn3cncn3)CC2)n1. The van der Waals surface area contributed by atoms with Gasteiger partial charge in [0.2, 0.25) is 5.91 Å². The van der Waals surface area contributed by atoms with Crippen LogP contribution in [0.25, 0.3) is 0 Å². The first-order chi connectivity index (χ1) is 13.7.